The number of piperidine rings is 1. The van der Waals surface area contributed by atoms with Gasteiger partial charge in [-0.25, -0.2) is 0 Å². The predicted octanol–water partition coefficient (Wildman–Crippen LogP) is 4.20. The van der Waals surface area contributed by atoms with E-state index in [1.54, 1.807) is 25.6 Å². The van der Waals surface area contributed by atoms with E-state index in [9.17, 15) is 9.59 Å². The normalized spacial score (nSPS) is 17.0. The Morgan fingerprint density at radius 1 is 1.09 bits per heavy atom. The number of nitrogens with zero attached hydrogens (tertiary/aromatic N) is 2. The third-order valence-electron chi connectivity index (χ3n) is 6.69. The number of aromatic nitrogens is 1. The van der Waals surface area contributed by atoms with Crippen LogP contribution in [0.2, 0.25) is 0 Å². The number of nitrogens with one attached hydrogen (secondary N) is 1. The number of hydrogen-bond acceptors (Lipinski definition) is 5. The number of carbonyl (C=O) groups excluding carboxylic acids is 2. The highest BCUT2D eigenvalue weighted by Crippen LogP contribution is 2.45. The molecule has 0 saturated carbocycles. The fraction of sp³-hybridized carbons (Fsp3) is 0.385. The molecule has 0 bridgehead atoms. The summed E-state index contributed by atoms with van der Waals surface area (Å²) in [6.07, 6.45) is 2.57. The van der Waals surface area contributed by atoms with Crippen LogP contribution in [0.5, 0.6) is 11.5 Å². The number of rotatable bonds is 5. The van der Waals surface area contributed by atoms with Crippen molar-refractivity contribution in [3.05, 3.63) is 47.0 Å². The lowest BCUT2D eigenvalue weighted by Crippen LogP contribution is -2.49. The fourth-order valence-corrected chi connectivity index (χ4v) is 5.92. The lowest BCUT2D eigenvalue weighted by Gasteiger charge is -2.33. The molecule has 34 heavy (non-hydrogen) atoms. The van der Waals surface area contributed by atoms with Crippen molar-refractivity contribution in [2.45, 2.75) is 38.8 Å². The molecule has 2 amide bonds. The lowest BCUT2D eigenvalue weighted by molar-refractivity contribution is -0.120. The topological polar surface area (TPSA) is 72.8 Å². The molecule has 8 heteroatoms. The summed E-state index contributed by atoms with van der Waals surface area (Å²) >= 11 is 1.67. The molecule has 1 atom stereocenters. The maximum atomic E-state index is 13.8. The van der Waals surface area contributed by atoms with Crippen LogP contribution >= 0.6 is 11.3 Å². The van der Waals surface area contributed by atoms with E-state index in [1.807, 2.05) is 29.2 Å². The highest BCUT2D eigenvalue weighted by molar-refractivity contribution is 7.13. The Labute approximate surface area is 203 Å². The minimum Gasteiger partial charge on any atom is -0.493 e. The average molecular weight is 480 g/mol. The van der Waals surface area contributed by atoms with Crippen LogP contribution in [0.3, 0.4) is 0 Å². The fourth-order valence-electron chi connectivity index (χ4n) is 5.18. The van der Waals surface area contributed by atoms with Crippen LogP contribution in [0.4, 0.5) is 0 Å². The first-order chi connectivity index (χ1) is 16.5. The quantitative estimate of drug-likeness (QED) is 0.595. The van der Waals surface area contributed by atoms with Crippen molar-refractivity contribution in [1.29, 1.82) is 0 Å². The van der Waals surface area contributed by atoms with E-state index < -0.39 is 0 Å². The molecule has 7 nitrogen and oxygen atoms in total. The Hall–Kier alpha value is -3.26. The van der Waals surface area contributed by atoms with Crippen molar-refractivity contribution in [1.82, 2.24) is 14.8 Å². The van der Waals surface area contributed by atoms with E-state index in [4.69, 9.17) is 9.47 Å². The zero-order chi connectivity index (χ0) is 23.8. The summed E-state index contributed by atoms with van der Waals surface area (Å²) in [7, 11) is 3.29. The van der Waals surface area contributed by atoms with Crippen LogP contribution in [-0.4, -0.2) is 54.6 Å². The van der Waals surface area contributed by atoms with Gasteiger partial charge in [0.2, 0.25) is 5.91 Å². The summed E-state index contributed by atoms with van der Waals surface area (Å²) in [6.45, 7) is 3.48. The standard InChI is InChI=1S/C26H29N3O4S/c1-16(30)27-18-6-4-9-28(15-18)26(31)21-13-20(24-7-5-11-34-24)25-19-14-23(33-3)22(32-2)12-17(19)8-10-29(21)25/h5,7,11-14,18H,4,6,8-10,15H2,1-3H3,(H,27,30)/t18-/m1/s1. The minimum atomic E-state index is -0.0553. The molecular formula is C26H29N3O4S. The smallest absolute Gasteiger partial charge is 0.270 e. The average Bonchev–Trinajstić information content (AvgIpc) is 3.50. The van der Waals surface area contributed by atoms with Crippen LogP contribution in [-0.2, 0) is 17.8 Å². The highest BCUT2D eigenvalue weighted by atomic mass is 32.1. The van der Waals surface area contributed by atoms with Gasteiger partial charge in [-0.2, -0.15) is 0 Å². The molecule has 1 saturated heterocycles. The number of amides is 2. The number of aryl methyl sites for hydroxylation is 1. The van der Waals surface area contributed by atoms with Gasteiger partial charge in [0.25, 0.3) is 5.91 Å². The van der Waals surface area contributed by atoms with Gasteiger partial charge in [0.05, 0.1) is 19.9 Å². The number of benzene rings is 1. The first-order valence-electron chi connectivity index (χ1n) is 11.6. The van der Waals surface area contributed by atoms with Crippen LogP contribution in [0.25, 0.3) is 21.7 Å². The van der Waals surface area contributed by atoms with Crippen molar-refractivity contribution in [3.8, 4) is 33.2 Å². The lowest BCUT2D eigenvalue weighted by atomic mass is 9.95. The molecule has 0 radical (unpaired) electrons. The molecule has 3 aromatic rings. The minimum absolute atomic E-state index is 0.000192. The van der Waals surface area contributed by atoms with Crippen molar-refractivity contribution >= 4 is 23.2 Å². The Kier molecular flexibility index (Phi) is 6.08. The van der Waals surface area contributed by atoms with E-state index in [-0.39, 0.29) is 17.9 Å². The third-order valence-corrected chi connectivity index (χ3v) is 7.59. The SMILES string of the molecule is COc1cc2c(cc1OC)-c1c(-c3cccs3)cc(C(=O)N3CCC[C@@H](NC(C)=O)C3)n1CC2. The Morgan fingerprint density at radius 3 is 2.59 bits per heavy atom. The molecule has 5 rings (SSSR count). The predicted molar refractivity (Wildman–Crippen MR) is 133 cm³/mol. The van der Waals surface area contributed by atoms with Gasteiger partial charge in [-0.15, -0.1) is 11.3 Å². The van der Waals surface area contributed by atoms with E-state index in [0.717, 1.165) is 41.0 Å². The monoisotopic (exact) mass is 479 g/mol. The van der Waals surface area contributed by atoms with Crippen LogP contribution in [0.1, 0.15) is 35.8 Å². The molecule has 2 aromatic heterocycles. The number of hydrogen-bond donors (Lipinski definition) is 1. The largest absolute Gasteiger partial charge is 0.493 e. The highest BCUT2D eigenvalue weighted by Gasteiger charge is 2.32. The summed E-state index contributed by atoms with van der Waals surface area (Å²) in [5.74, 6) is 1.35. The van der Waals surface area contributed by atoms with Gasteiger partial charge in [-0.3, -0.25) is 9.59 Å². The van der Waals surface area contributed by atoms with Crippen LogP contribution in [0.15, 0.2) is 35.7 Å². The zero-order valence-electron chi connectivity index (χ0n) is 19.7. The van der Waals surface area contributed by atoms with Gasteiger partial charge in [-0.05, 0) is 54.5 Å². The second-order valence-electron chi connectivity index (χ2n) is 8.83. The molecule has 1 N–H and O–H groups in total. The molecule has 0 spiro atoms. The van der Waals surface area contributed by atoms with Gasteiger partial charge in [0.15, 0.2) is 11.5 Å². The van der Waals surface area contributed by atoms with Gasteiger partial charge >= 0.3 is 0 Å². The summed E-state index contributed by atoms with van der Waals surface area (Å²) in [4.78, 5) is 28.3. The summed E-state index contributed by atoms with van der Waals surface area (Å²) < 4.78 is 13.3. The van der Waals surface area contributed by atoms with E-state index in [0.29, 0.717) is 36.8 Å². The Balaban J connectivity index is 1.59. The summed E-state index contributed by atoms with van der Waals surface area (Å²) in [5, 5.41) is 5.04. The molecule has 1 aromatic carbocycles. The number of likely N-dealkylation sites (tertiary alicyclic amines) is 1. The second kappa shape index (κ2) is 9.18. The van der Waals surface area contributed by atoms with Crippen LogP contribution in [0, 0.1) is 0 Å². The number of carbonyl (C=O) groups is 2. The zero-order valence-corrected chi connectivity index (χ0v) is 20.5. The second-order valence-corrected chi connectivity index (χ2v) is 9.77. The van der Waals surface area contributed by atoms with Gasteiger partial charge < -0.3 is 24.3 Å². The van der Waals surface area contributed by atoms with Crippen molar-refractivity contribution in [2.75, 3.05) is 27.3 Å². The maximum Gasteiger partial charge on any atom is 0.270 e. The number of methoxy groups -OCH3 is 2. The number of ether oxygens (including phenoxy) is 2. The maximum absolute atomic E-state index is 13.8. The Bertz CT molecular complexity index is 1230. The molecule has 2 aliphatic rings. The molecule has 0 unspecified atom stereocenters. The summed E-state index contributed by atoms with van der Waals surface area (Å²) in [6, 6.07) is 10.2. The van der Waals surface area contributed by atoms with Crippen molar-refractivity contribution < 1.29 is 19.1 Å². The Morgan fingerprint density at radius 2 is 1.88 bits per heavy atom. The van der Waals surface area contributed by atoms with Gasteiger partial charge in [0.1, 0.15) is 5.69 Å². The van der Waals surface area contributed by atoms with E-state index in [2.05, 4.69) is 21.3 Å². The van der Waals surface area contributed by atoms with Crippen molar-refractivity contribution in [2.24, 2.45) is 0 Å². The number of thiophene rings is 1. The van der Waals surface area contributed by atoms with Crippen molar-refractivity contribution in [3.63, 3.8) is 0 Å². The molecule has 1 fully saturated rings. The molecule has 2 aliphatic heterocycles. The van der Waals surface area contributed by atoms with Gasteiger partial charge in [-0.1, -0.05) is 6.07 Å². The van der Waals surface area contributed by atoms with Gasteiger partial charge in [0, 0.05) is 48.6 Å². The first kappa shape index (κ1) is 22.5. The molecular weight excluding hydrogens is 450 g/mol. The molecule has 4 heterocycles. The van der Waals surface area contributed by atoms with E-state index in [1.165, 1.54) is 12.5 Å². The van der Waals surface area contributed by atoms with Crippen LogP contribution < -0.4 is 14.8 Å². The van der Waals surface area contributed by atoms with E-state index >= 15 is 0 Å². The molecule has 178 valence electrons. The summed E-state index contributed by atoms with van der Waals surface area (Å²) in [5.41, 5.74) is 5.05. The number of fused-ring (bicyclic) bond motifs is 3. The third kappa shape index (κ3) is 3.96. The first-order valence-corrected chi connectivity index (χ1v) is 12.5. The molecule has 0 aliphatic carbocycles.